The summed E-state index contributed by atoms with van der Waals surface area (Å²) in [7, 11) is 0. The number of anilines is 1. The predicted molar refractivity (Wildman–Crippen MR) is 84.9 cm³/mol. The van der Waals surface area contributed by atoms with Gasteiger partial charge in [0.25, 0.3) is 5.89 Å². The van der Waals surface area contributed by atoms with E-state index in [2.05, 4.69) is 15.5 Å². The molecule has 7 nitrogen and oxygen atoms in total. The molecular weight excluding hydrogens is 296 g/mol. The lowest BCUT2D eigenvalue weighted by Gasteiger charge is -2.23. The SMILES string of the molecule is CCc1noc(-c2ccccc2NC(=O)N2CCCC2CO)n1. The van der Waals surface area contributed by atoms with Crippen molar-refractivity contribution in [3.63, 3.8) is 0 Å². The number of para-hydroxylation sites is 1. The van der Waals surface area contributed by atoms with E-state index in [4.69, 9.17) is 4.52 Å². The Labute approximate surface area is 134 Å². The van der Waals surface area contributed by atoms with Gasteiger partial charge in [-0.05, 0) is 25.0 Å². The summed E-state index contributed by atoms with van der Waals surface area (Å²) in [6.45, 7) is 2.59. The Morgan fingerprint density at radius 2 is 2.30 bits per heavy atom. The van der Waals surface area contributed by atoms with Crippen molar-refractivity contribution < 1.29 is 14.4 Å². The standard InChI is InChI=1S/C16H20N4O3/c1-2-14-18-15(23-19-14)12-7-3-4-8-13(12)17-16(22)20-9-5-6-11(20)10-21/h3-4,7-8,11,21H,2,5-6,9-10H2,1H3,(H,17,22). The van der Waals surface area contributed by atoms with E-state index >= 15 is 0 Å². The molecular formula is C16H20N4O3. The zero-order valence-electron chi connectivity index (χ0n) is 13.0. The molecule has 23 heavy (non-hydrogen) atoms. The van der Waals surface area contributed by atoms with Crippen molar-refractivity contribution in [1.29, 1.82) is 0 Å². The molecule has 1 saturated heterocycles. The molecule has 2 heterocycles. The maximum atomic E-state index is 12.5. The van der Waals surface area contributed by atoms with Gasteiger partial charge < -0.3 is 19.8 Å². The number of aliphatic hydroxyl groups is 1. The van der Waals surface area contributed by atoms with Gasteiger partial charge in [-0.3, -0.25) is 0 Å². The number of hydrogen-bond acceptors (Lipinski definition) is 5. The Kier molecular flexibility index (Phi) is 4.57. The second-order valence-corrected chi connectivity index (χ2v) is 5.52. The van der Waals surface area contributed by atoms with Gasteiger partial charge in [0.2, 0.25) is 0 Å². The van der Waals surface area contributed by atoms with Gasteiger partial charge in [0, 0.05) is 13.0 Å². The maximum absolute atomic E-state index is 12.5. The van der Waals surface area contributed by atoms with Crippen LogP contribution in [0.1, 0.15) is 25.6 Å². The molecule has 122 valence electrons. The fourth-order valence-corrected chi connectivity index (χ4v) is 2.77. The number of hydrogen-bond donors (Lipinski definition) is 2. The van der Waals surface area contributed by atoms with Crippen LogP contribution in [0.3, 0.4) is 0 Å². The molecule has 1 atom stereocenters. The lowest BCUT2D eigenvalue weighted by molar-refractivity contribution is 0.166. The maximum Gasteiger partial charge on any atom is 0.322 e. The van der Waals surface area contributed by atoms with E-state index in [-0.39, 0.29) is 18.7 Å². The van der Waals surface area contributed by atoms with Gasteiger partial charge in [-0.15, -0.1) is 0 Å². The quantitative estimate of drug-likeness (QED) is 0.903. The Morgan fingerprint density at radius 3 is 3.04 bits per heavy atom. The van der Waals surface area contributed by atoms with Gasteiger partial charge in [-0.2, -0.15) is 4.98 Å². The number of rotatable bonds is 4. The highest BCUT2D eigenvalue weighted by atomic mass is 16.5. The number of aromatic nitrogens is 2. The molecule has 1 fully saturated rings. The number of urea groups is 1. The largest absolute Gasteiger partial charge is 0.394 e. The molecule has 1 aliphatic heterocycles. The van der Waals surface area contributed by atoms with Crippen LogP contribution >= 0.6 is 0 Å². The number of nitrogens with one attached hydrogen (secondary N) is 1. The summed E-state index contributed by atoms with van der Waals surface area (Å²) in [5, 5.41) is 16.1. The molecule has 2 aromatic rings. The minimum absolute atomic E-state index is 0.0153. The highest BCUT2D eigenvalue weighted by molar-refractivity contribution is 5.93. The molecule has 1 aromatic carbocycles. The summed E-state index contributed by atoms with van der Waals surface area (Å²) in [4.78, 5) is 18.4. The second-order valence-electron chi connectivity index (χ2n) is 5.52. The monoisotopic (exact) mass is 316 g/mol. The molecule has 0 saturated carbocycles. The van der Waals surface area contributed by atoms with Crippen LogP contribution in [0.2, 0.25) is 0 Å². The van der Waals surface area contributed by atoms with Gasteiger partial charge >= 0.3 is 6.03 Å². The van der Waals surface area contributed by atoms with Crippen molar-refractivity contribution in [2.75, 3.05) is 18.5 Å². The van der Waals surface area contributed by atoms with Gasteiger partial charge in [-0.25, -0.2) is 4.79 Å². The first-order chi connectivity index (χ1) is 11.2. The van der Waals surface area contributed by atoms with Crippen LogP contribution < -0.4 is 5.32 Å². The highest BCUT2D eigenvalue weighted by Gasteiger charge is 2.28. The average molecular weight is 316 g/mol. The van der Waals surface area contributed by atoms with E-state index in [0.717, 1.165) is 12.8 Å². The van der Waals surface area contributed by atoms with E-state index in [1.807, 2.05) is 25.1 Å². The highest BCUT2D eigenvalue weighted by Crippen LogP contribution is 2.27. The summed E-state index contributed by atoms with van der Waals surface area (Å²) in [5.74, 6) is 1.01. The van der Waals surface area contributed by atoms with Gasteiger partial charge in [0.1, 0.15) is 0 Å². The molecule has 0 radical (unpaired) electrons. The summed E-state index contributed by atoms with van der Waals surface area (Å²) in [5.41, 5.74) is 1.31. The van der Waals surface area contributed by atoms with Crippen LogP contribution in [0.5, 0.6) is 0 Å². The molecule has 1 aromatic heterocycles. The molecule has 0 spiro atoms. The number of benzene rings is 1. The minimum atomic E-state index is -0.218. The zero-order valence-corrected chi connectivity index (χ0v) is 13.0. The summed E-state index contributed by atoms with van der Waals surface area (Å²) >= 11 is 0. The third kappa shape index (κ3) is 3.19. The molecule has 2 amide bonds. The van der Waals surface area contributed by atoms with E-state index in [1.165, 1.54) is 0 Å². The smallest absolute Gasteiger partial charge is 0.322 e. The zero-order chi connectivity index (χ0) is 16.2. The first-order valence-corrected chi connectivity index (χ1v) is 7.83. The van der Waals surface area contributed by atoms with Crippen molar-refractivity contribution in [3.8, 4) is 11.5 Å². The molecule has 0 aliphatic carbocycles. The molecule has 1 unspecified atom stereocenters. The molecule has 7 heteroatoms. The summed E-state index contributed by atoms with van der Waals surface area (Å²) in [6, 6.07) is 6.99. The number of aryl methyl sites for hydroxylation is 1. The number of carbonyl (C=O) groups is 1. The fourth-order valence-electron chi connectivity index (χ4n) is 2.77. The Balaban J connectivity index is 1.82. The Bertz CT molecular complexity index is 685. The lowest BCUT2D eigenvalue weighted by atomic mass is 10.1. The normalized spacial score (nSPS) is 17.5. The Morgan fingerprint density at radius 1 is 1.48 bits per heavy atom. The first kappa shape index (κ1) is 15.5. The van der Waals surface area contributed by atoms with E-state index in [0.29, 0.717) is 35.9 Å². The van der Waals surface area contributed by atoms with Crippen LogP contribution in [-0.2, 0) is 6.42 Å². The summed E-state index contributed by atoms with van der Waals surface area (Å²) in [6.07, 6.45) is 2.42. The molecule has 0 bridgehead atoms. The second kappa shape index (κ2) is 6.78. The van der Waals surface area contributed by atoms with Crippen LogP contribution in [0.4, 0.5) is 10.5 Å². The fraction of sp³-hybridized carbons (Fsp3) is 0.438. The van der Waals surface area contributed by atoms with Crippen molar-refractivity contribution in [1.82, 2.24) is 15.0 Å². The van der Waals surface area contributed by atoms with Crippen LogP contribution in [0, 0.1) is 0 Å². The number of likely N-dealkylation sites (tertiary alicyclic amines) is 1. The third-order valence-electron chi connectivity index (χ3n) is 4.03. The van der Waals surface area contributed by atoms with Gasteiger partial charge in [0.05, 0.1) is 23.9 Å². The first-order valence-electron chi connectivity index (χ1n) is 7.83. The topological polar surface area (TPSA) is 91.5 Å². The van der Waals surface area contributed by atoms with E-state index in [9.17, 15) is 9.90 Å². The van der Waals surface area contributed by atoms with Crippen molar-refractivity contribution in [3.05, 3.63) is 30.1 Å². The van der Waals surface area contributed by atoms with Gasteiger partial charge in [-0.1, -0.05) is 24.2 Å². The number of amides is 2. The average Bonchev–Trinajstić information content (AvgIpc) is 3.24. The third-order valence-corrected chi connectivity index (χ3v) is 4.03. The van der Waals surface area contributed by atoms with E-state index < -0.39 is 0 Å². The summed E-state index contributed by atoms with van der Waals surface area (Å²) < 4.78 is 5.27. The number of aliphatic hydroxyl groups excluding tert-OH is 1. The molecule has 1 aliphatic rings. The van der Waals surface area contributed by atoms with E-state index in [1.54, 1.807) is 11.0 Å². The van der Waals surface area contributed by atoms with Gasteiger partial charge in [0.15, 0.2) is 5.82 Å². The lowest BCUT2D eigenvalue weighted by Crippen LogP contribution is -2.40. The van der Waals surface area contributed by atoms with Crippen LogP contribution in [0.15, 0.2) is 28.8 Å². The van der Waals surface area contributed by atoms with Crippen LogP contribution in [-0.4, -0.2) is 45.4 Å². The van der Waals surface area contributed by atoms with Crippen molar-refractivity contribution >= 4 is 11.7 Å². The van der Waals surface area contributed by atoms with Crippen LogP contribution in [0.25, 0.3) is 11.5 Å². The minimum Gasteiger partial charge on any atom is -0.394 e. The number of nitrogens with zero attached hydrogens (tertiary/aromatic N) is 3. The molecule has 2 N–H and O–H groups in total. The predicted octanol–water partition coefficient (Wildman–Crippen LogP) is 2.29. The number of carbonyl (C=O) groups excluding carboxylic acids is 1. The van der Waals surface area contributed by atoms with Crippen molar-refractivity contribution in [2.45, 2.75) is 32.2 Å². The van der Waals surface area contributed by atoms with Crippen molar-refractivity contribution in [2.24, 2.45) is 0 Å². The molecule has 3 rings (SSSR count). The Hall–Kier alpha value is -2.41.